The van der Waals surface area contributed by atoms with Crippen LogP contribution in [0.25, 0.3) is 21.8 Å². The van der Waals surface area contributed by atoms with Crippen LogP contribution in [0.4, 0.5) is 0 Å². The van der Waals surface area contributed by atoms with Crippen LogP contribution in [-0.4, -0.2) is 75.8 Å². The molecule has 2 aromatic heterocycles. The number of halogens is 2. The Balaban J connectivity index is 0.000000209. The molecule has 366 valence electrons. The molecule has 0 saturated carbocycles. The van der Waals surface area contributed by atoms with E-state index in [-0.39, 0.29) is 36.5 Å². The van der Waals surface area contributed by atoms with E-state index in [2.05, 4.69) is 73.2 Å². The third-order valence-corrected chi connectivity index (χ3v) is 20.1. The van der Waals surface area contributed by atoms with E-state index in [4.69, 9.17) is 32.7 Å². The first kappa shape index (κ1) is 52.1. The zero-order chi connectivity index (χ0) is 51.0. The average Bonchev–Trinajstić information content (AvgIpc) is 3.80. The third-order valence-electron chi connectivity index (χ3n) is 13.3. The van der Waals surface area contributed by atoms with Gasteiger partial charge in [0.1, 0.15) is 19.6 Å². The zero-order valence-corrected chi connectivity index (χ0v) is 45.0. The molecule has 14 heteroatoms. The number of methoxy groups -OCH3 is 2. The first-order valence-electron chi connectivity index (χ1n) is 23.5. The number of aromatic nitrogens is 2. The molecule has 0 aliphatic carbocycles. The average molecular weight is 1020 g/mol. The molecule has 0 aliphatic heterocycles. The lowest BCUT2D eigenvalue weighted by molar-refractivity contribution is -0.121. The van der Waals surface area contributed by atoms with Crippen molar-refractivity contribution >= 4 is 95.2 Å². The predicted molar refractivity (Wildman–Crippen MR) is 294 cm³/mol. The fourth-order valence-electron chi connectivity index (χ4n) is 8.90. The molecule has 0 saturated heterocycles. The van der Waals surface area contributed by atoms with Gasteiger partial charge in [0.2, 0.25) is 11.8 Å². The summed E-state index contributed by atoms with van der Waals surface area (Å²) in [6.45, 7) is 13.5. The van der Waals surface area contributed by atoms with Gasteiger partial charge < -0.3 is 20.1 Å². The topological polar surface area (TPSA) is 121 Å². The van der Waals surface area contributed by atoms with Crippen molar-refractivity contribution in [3.05, 3.63) is 189 Å². The van der Waals surface area contributed by atoms with Gasteiger partial charge in [-0.25, -0.2) is 0 Å². The number of fused-ring (bicyclic) bond motifs is 2. The van der Waals surface area contributed by atoms with Gasteiger partial charge in [-0.2, -0.15) is 0 Å². The van der Waals surface area contributed by atoms with Gasteiger partial charge >= 0.3 is 0 Å². The number of nitrogens with one attached hydrogen (secondary N) is 2. The van der Waals surface area contributed by atoms with Crippen LogP contribution < -0.4 is 30.5 Å². The molecule has 2 N–H and O–H groups in total. The summed E-state index contributed by atoms with van der Waals surface area (Å²) in [4.78, 5) is 53.0. The Labute approximate surface area is 427 Å². The van der Waals surface area contributed by atoms with E-state index in [1.54, 1.807) is 71.9 Å². The predicted octanol–water partition coefficient (Wildman–Crippen LogP) is 10.7. The number of amides is 2. The fourth-order valence-corrected chi connectivity index (χ4v) is 13.2. The summed E-state index contributed by atoms with van der Waals surface area (Å²) in [7, 11) is -0.262. The summed E-state index contributed by atoms with van der Waals surface area (Å²) in [6, 6.07) is 46.6. The Kier molecular flexibility index (Phi) is 16.6. The van der Waals surface area contributed by atoms with Crippen LogP contribution in [-0.2, 0) is 22.4 Å². The third kappa shape index (κ3) is 12.1. The van der Waals surface area contributed by atoms with Gasteiger partial charge in [0, 0.05) is 56.0 Å². The number of benzene rings is 6. The maximum Gasteiger partial charge on any atom is 0.262 e. The molecule has 0 unspecified atom stereocenters. The maximum absolute atomic E-state index is 13.5. The Bertz CT molecular complexity index is 3210. The smallest absolute Gasteiger partial charge is 0.262 e. The molecule has 8 aromatic rings. The van der Waals surface area contributed by atoms with Crippen molar-refractivity contribution in [2.24, 2.45) is 0 Å². The van der Waals surface area contributed by atoms with Crippen molar-refractivity contribution in [3.63, 3.8) is 0 Å². The van der Waals surface area contributed by atoms with Crippen LogP contribution in [0.3, 0.4) is 0 Å². The van der Waals surface area contributed by atoms with Crippen LogP contribution in [0.1, 0.15) is 43.2 Å². The fraction of sp³-hybridized carbons (Fsp3) is 0.228. The van der Waals surface area contributed by atoms with Gasteiger partial charge in [-0.1, -0.05) is 120 Å². The lowest BCUT2D eigenvalue weighted by Gasteiger charge is -2.23. The number of rotatable bonds is 15. The number of ether oxygens (including phenoxy) is 2. The van der Waals surface area contributed by atoms with Gasteiger partial charge in [0.15, 0.2) is 0 Å². The van der Waals surface area contributed by atoms with Gasteiger partial charge in [0.05, 0.1) is 46.2 Å². The monoisotopic (exact) mass is 1020 g/mol. The molecule has 0 atom stereocenters. The molecule has 2 heterocycles. The van der Waals surface area contributed by atoms with E-state index in [1.807, 2.05) is 74.5 Å². The molecule has 2 amide bonds. The van der Waals surface area contributed by atoms with E-state index >= 15 is 0 Å². The summed E-state index contributed by atoms with van der Waals surface area (Å²) < 4.78 is 14.2. The van der Waals surface area contributed by atoms with Gasteiger partial charge in [-0.3, -0.25) is 28.3 Å². The normalized spacial score (nSPS) is 11.5. The molecular weight excluding hydrogens is 964 g/mol. The molecule has 71 heavy (non-hydrogen) atoms. The molecule has 0 spiro atoms. The summed E-state index contributed by atoms with van der Waals surface area (Å²) in [5, 5.41) is 11.7. The van der Waals surface area contributed by atoms with E-state index in [0.717, 1.165) is 50.4 Å². The second-order valence-corrected chi connectivity index (χ2v) is 29.3. The largest absolute Gasteiger partial charge is 0.497 e. The first-order valence-corrected chi connectivity index (χ1v) is 30.7. The van der Waals surface area contributed by atoms with Gasteiger partial charge in [-0.05, 0) is 116 Å². The van der Waals surface area contributed by atoms with E-state index in [9.17, 15) is 19.2 Å². The van der Waals surface area contributed by atoms with E-state index in [0.29, 0.717) is 45.4 Å². The van der Waals surface area contributed by atoms with Crippen molar-refractivity contribution < 1.29 is 28.7 Å². The summed E-state index contributed by atoms with van der Waals surface area (Å²) in [5.74, 6) is 0.895. The van der Waals surface area contributed by atoms with Crippen molar-refractivity contribution in [1.29, 1.82) is 0 Å². The van der Waals surface area contributed by atoms with Gasteiger partial charge in [-0.15, -0.1) is 0 Å². The molecule has 0 fully saturated rings. The molecule has 10 nitrogen and oxygen atoms in total. The minimum Gasteiger partial charge on any atom is -0.497 e. The Morgan fingerprint density at radius 2 is 0.915 bits per heavy atom. The number of carbonyl (C=O) groups is 4. The minimum absolute atomic E-state index is 0.0585. The van der Waals surface area contributed by atoms with Crippen molar-refractivity contribution in [1.82, 2.24) is 19.8 Å². The lowest BCUT2D eigenvalue weighted by Crippen LogP contribution is -2.52. The zero-order valence-electron chi connectivity index (χ0n) is 41.5. The standard InChI is InChI=1S/C29H31ClN2O3Si.C28H29ClN2O3Si/c1-20-25(19-28(33)31-16-17-36(3,4)24-8-6-5-7-9-24)26-18-23(35-2)14-15-27(26)32(20)29(34)21-10-12-22(30)13-11-21;1-19-24(17-27(32)30-18-35(3,4)23-8-6-5-7-9-23)25-16-22(34-2)14-15-26(25)31(19)28(33)20-10-12-21(29)13-11-20/h5-15,18H,16-17,19H2,1-4H3,(H,31,33);5-16H,17-18H2,1-4H3,(H,30,32). The summed E-state index contributed by atoms with van der Waals surface area (Å²) in [6.07, 6.45) is 1.000. The maximum atomic E-state index is 13.5. The number of hydrogen-bond acceptors (Lipinski definition) is 6. The highest BCUT2D eigenvalue weighted by Crippen LogP contribution is 2.33. The van der Waals surface area contributed by atoms with Gasteiger partial charge in [0.25, 0.3) is 11.8 Å². The number of nitrogens with zero attached hydrogens (tertiary/aromatic N) is 2. The Morgan fingerprint density at radius 1 is 0.521 bits per heavy atom. The second kappa shape index (κ2) is 22.6. The van der Waals surface area contributed by atoms with Crippen LogP contribution >= 0.6 is 23.2 Å². The molecule has 6 aromatic carbocycles. The highest BCUT2D eigenvalue weighted by molar-refractivity contribution is 6.90. The molecule has 0 bridgehead atoms. The molecule has 0 aliphatic rings. The highest BCUT2D eigenvalue weighted by atomic mass is 35.5. The second-order valence-electron chi connectivity index (χ2n) is 18.9. The van der Waals surface area contributed by atoms with Crippen LogP contribution in [0.2, 0.25) is 42.3 Å². The molecule has 8 rings (SSSR count). The van der Waals surface area contributed by atoms with Crippen LogP contribution in [0.15, 0.2) is 146 Å². The summed E-state index contributed by atoms with van der Waals surface area (Å²) in [5.41, 5.74) is 5.66. The van der Waals surface area contributed by atoms with E-state index < -0.39 is 16.1 Å². The van der Waals surface area contributed by atoms with Crippen molar-refractivity contribution in [3.8, 4) is 11.5 Å². The van der Waals surface area contributed by atoms with Crippen LogP contribution in [0.5, 0.6) is 11.5 Å². The first-order chi connectivity index (χ1) is 33.9. The quantitative estimate of drug-likeness (QED) is 0.0987. The number of hydrogen-bond donors (Lipinski definition) is 2. The SMILES string of the molecule is COc1ccc2c(c1)c(CC(=O)NCC[Si](C)(C)c1ccccc1)c(C)n2C(=O)c1ccc(Cl)cc1.COc1ccc2c(c1)c(CC(=O)NC[Si](C)(C)c1ccccc1)c(C)n2C(=O)c1ccc(Cl)cc1. The van der Waals surface area contributed by atoms with Crippen LogP contribution in [0, 0.1) is 13.8 Å². The minimum atomic E-state index is -1.82. The van der Waals surface area contributed by atoms with Crippen molar-refractivity contribution in [2.75, 3.05) is 26.9 Å². The Hall–Kier alpha value is -6.71. The van der Waals surface area contributed by atoms with E-state index in [1.165, 1.54) is 10.4 Å². The molecule has 0 radical (unpaired) electrons. The highest BCUT2D eigenvalue weighted by Gasteiger charge is 2.27. The number of carbonyl (C=O) groups excluding carboxylic acids is 4. The Morgan fingerprint density at radius 3 is 1.32 bits per heavy atom. The lowest BCUT2D eigenvalue weighted by atomic mass is 10.1. The molecular formula is C57H60Cl2N4O6Si2. The summed E-state index contributed by atoms with van der Waals surface area (Å²) >= 11 is 12.0. The van der Waals surface area contributed by atoms with Crippen molar-refractivity contribution in [2.45, 2.75) is 58.9 Å².